The number of carbonyl (C=O) groups excluding carboxylic acids is 1. The topological polar surface area (TPSA) is 69.6 Å². The summed E-state index contributed by atoms with van der Waals surface area (Å²) in [4.78, 5) is 25.4. The van der Waals surface area contributed by atoms with E-state index in [1.54, 1.807) is 0 Å². The molecular weight excluding hydrogens is 244 g/mol. The second kappa shape index (κ2) is 5.39. The maximum atomic E-state index is 12.2. The highest BCUT2D eigenvalue weighted by Gasteiger charge is 2.41. The van der Waals surface area contributed by atoms with E-state index in [-0.39, 0.29) is 12.6 Å². The number of fused-ring (bicyclic) bond motifs is 2. The van der Waals surface area contributed by atoms with Crippen molar-refractivity contribution >= 4 is 12.0 Å². The second-order valence-electron chi connectivity index (χ2n) is 5.94. The molecule has 1 aliphatic carbocycles. The van der Waals surface area contributed by atoms with Crippen LogP contribution in [-0.4, -0.2) is 41.1 Å². The van der Waals surface area contributed by atoms with Gasteiger partial charge in [0, 0.05) is 19.1 Å². The van der Waals surface area contributed by atoms with Gasteiger partial charge in [-0.05, 0) is 38.0 Å². The van der Waals surface area contributed by atoms with Crippen LogP contribution in [0.2, 0.25) is 0 Å². The highest BCUT2D eigenvalue weighted by Crippen LogP contribution is 2.37. The Bertz CT molecular complexity index is 366. The Morgan fingerprint density at radius 2 is 2.00 bits per heavy atom. The van der Waals surface area contributed by atoms with E-state index in [0.29, 0.717) is 24.8 Å². The fourth-order valence-electron chi connectivity index (χ4n) is 3.40. The fraction of sp³-hybridized carbons (Fsp3) is 0.857. The monoisotopic (exact) mass is 268 g/mol. The minimum absolute atomic E-state index is 0.0836. The van der Waals surface area contributed by atoms with Gasteiger partial charge in [-0.3, -0.25) is 4.79 Å². The van der Waals surface area contributed by atoms with Crippen molar-refractivity contribution < 1.29 is 14.7 Å². The first-order valence-corrected chi connectivity index (χ1v) is 7.30. The van der Waals surface area contributed by atoms with Crippen LogP contribution in [0, 0.1) is 11.3 Å². The minimum Gasteiger partial charge on any atom is -0.481 e. The lowest BCUT2D eigenvalue weighted by Crippen LogP contribution is -2.49. The number of rotatable bonds is 5. The Hall–Kier alpha value is -1.26. The highest BCUT2D eigenvalue weighted by molar-refractivity contribution is 5.78. The zero-order valence-electron chi connectivity index (χ0n) is 11.8. The number of aliphatic carboxylic acids is 1. The summed E-state index contributed by atoms with van der Waals surface area (Å²) in [6.45, 7) is 4.79. The SMILES string of the molecule is CCC(CC)(CNC(=O)N1CC2CCC1C2)C(=O)O. The number of carboxylic acids is 1. The molecule has 0 spiro atoms. The molecule has 1 saturated carbocycles. The molecule has 0 aromatic rings. The summed E-state index contributed by atoms with van der Waals surface area (Å²) >= 11 is 0. The van der Waals surface area contributed by atoms with Crippen LogP contribution in [0.3, 0.4) is 0 Å². The van der Waals surface area contributed by atoms with Crippen molar-refractivity contribution in [1.29, 1.82) is 0 Å². The van der Waals surface area contributed by atoms with Gasteiger partial charge in [0.1, 0.15) is 0 Å². The second-order valence-corrected chi connectivity index (χ2v) is 5.94. The normalized spacial score (nSPS) is 25.7. The first-order valence-electron chi connectivity index (χ1n) is 7.30. The number of hydrogen-bond acceptors (Lipinski definition) is 2. The Morgan fingerprint density at radius 3 is 2.42 bits per heavy atom. The molecule has 2 N–H and O–H groups in total. The molecule has 2 rings (SSSR count). The number of amides is 2. The molecule has 5 heteroatoms. The van der Waals surface area contributed by atoms with Crippen LogP contribution in [0.4, 0.5) is 4.79 Å². The van der Waals surface area contributed by atoms with Crippen molar-refractivity contribution in [2.24, 2.45) is 11.3 Å². The van der Waals surface area contributed by atoms with Crippen LogP contribution >= 0.6 is 0 Å². The molecule has 2 atom stereocenters. The Kier molecular flexibility index (Phi) is 4.02. The molecule has 2 fully saturated rings. The third kappa shape index (κ3) is 2.55. The number of likely N-dealkylation sites (tertiary alicyclic amines) is 1. The van der Waals surface area contributed by atoms with Crippen molar-refractivity contribution in [3.63, 3.8) is 0 Å². The number of carboxylic acid groups (broad SMARTS) is 1. The van der Waals surface area contributed by atoms with Crippen molar-refractivity contribution in [1.82, 2.24) is 10.2 Å². The zero-order chi connectivity index (χ0) is 14.0. The van der Waals surface area contributed by atoms with Gasteiger partial charge < -0.3 is 15.3 Å². The van der Waals surface area contributed by atoms with Crippen LogP contribution in [0.25, 0.3) is 0 Å². The molecule has 2 aliphatic rings. The molecule has 0 aromatic carbocycles. The van der Waals surface area contributed by atoms with Gasteiger partial charge in [-0.25, -0.2) is 4.79 Å². The molecule has 5 nitrogen and oxygen atoms in total. The van der Waals surface area contributed by atoms with Gasteiger partial charge in [0.15, 0.2) is 0 Å². The van der Waals surface area contributed by atoms with E-state index in [0.717, 1.165) is 19.4 Å². The summed E-state index contributed by atoms with van der Waals surface area (Å²) in [6.07, 6.45) is 4.52. The van der Waals surface area contributed by atoms with Crippen LogP contribution in [-0.2, 0) is 4.79 Å². The predicted octanol–water partition coefficient (Wildman–Crippen LogP) is 2.07. The van der Waals surface area contributed by atoms with E-state index in [2.05, 4.69) is 5.32 Å². The van der Waals surface area contributed by atoms with E-state index < -0.39 is 11.4 Å². The lowest BCUT2D eigenvalue weighted by atomic mass is 9.82. The average Bonchev–Trinajstić information content (AvgIpc) is 3.02. The first kappa shape index (κ1) is 14.2. The van der Waals surface area contributed by atoms with Gasteiger partial charge in [0.25, 0.3) is 0 Å². The molecule has 0 radical (unpaired) electrons. The predicted molar refractivity (Wildman–Crippen MR) is 71.9 cm³/mol. The van der Waals surface area contributed by atoms with Crippen molar-refractivity contribution in [2.75, 3.05) is 13.1 Å². The molecule has 0 aromatic heterocycles. The maximum Gasteiger partial charge on any atom is 0.317 e. The van der Waals surface area contributed by atoms with Gasteiger partial charge in [-0.15, -0.1) is 0 Å². The Morgan fingerprint density at radius 1 is 1.32 bits per heavy atom. The quantitative estimate of drug-likeness (QED) is 0.802. The third-order valence-electron chi connectivity index (χ3n) is 5.06. The van der Waals surface area contributed by atoms with E-state index in [1.165, 1.54) is 6.42 Å². The van der Waals surface area contributed by atoms with Gasteiger partial charge in [-0.2, -0.15) is 0 Å². The lowest BCUT2D eigenvalue weighted by molar-refractivity contribution is -0.149. The van der Waals surface area contributed by atoms with E-state index in [9.17, 15) is 14.7 Å². The maximum absolute atomic E-state index is 12.2. The summed E-state index contributed by atoms with van der Waals surface area (Å²) in [6, 6.07) is 0.298. The van der Waals surface area contributed by atoms with Crippen molar-refractivity contribution in [2.45, 2.75) is 52.0 Å². The molecule has 1 aliphatic heterocycles. The number of hydrogen-bond donors (Lipinski definition) is 2. The number of nitrogens with one attached hydrogen (secondary N) is 1. The van der Waals surface area contributed by atoms with Gasteiger partial charge >= 0.3 is 12.0 Å². The molecular formula is C14H24N2O3. The Labute approximate surface area is 114 Å². The van der Waals surface area contributed by atoms with Crippen LogP contribution in [0.5, 0.6) is 0 Å². The summed E-state index contributed by atoms with van der Waals surface area (Å²) in [5, 5.41) is 12.2. The van der Waals surface area contributed by atoms with E-state index in [4.69, 9.17) is 0 Å². The molecule has 2 bridgehead atoms. The van der Waals surface area contributed by atoms with E-state index >= 15 is 0 Å². The summed E-state index contributed by atoms with van der Waals surface area (Å²) < 4.78 is 0. The minimum atomic E-state index is -0.825. The highest BCUT2D eigenvalue weighted by atomic mass is 16.4. The zero-order valence-corrected chi connectivity index (χ0v) is 11.8. The molecule has 108 valence electrons. The summed E-state index contributed by atoms with van der Waals surface area (Å²) in [7, 11) is 0. The molecule has 19 heavy (non-hydrogen) atoms. The molecule has 2 unspecified atom stereocenters. The Balaban J connectivity index is 1.91. The summed E-state index contributed by atoms with van der Waals surface area (Å²) in [5.74, 6) is -0.155. The number of urea groups is 1. The number of nitrogens with zero attached hydrogens (tertiary/aromatic N) is 1. The third-order valence-corrected chi connectivity index (χ3v) is 5.06. The smallest absolute Gasteiger partial charge is 0.317 e. The standard InChI is InChI=1S/C14H24N2O3/c1-3-14(4-2,12(17)18)9-15-13(19)16-8-10-5-6-11(16)7-10/h10-11H,3-9H2,1-2H3,(H,15,19)(H,17,18). The average molecular weight is 268 g/mol. The first-order chi connectivity index (χ1) is 9.02. The molecule has 2 amide bonds. The van der Waals surface area contributed by atoms with Gasteiger partial charge in [-0.1, -0.05) is 13.8 Å². The molecule has 1 saturated heterocycles. The largest absolute Gasteiger partial charge is 0.481 e. The van der Waals surface area contributed by atoms with Crippen LogP contribution in [0.15, 0.2) is 0 Å². The van der Waals surface area contributed by atoms with Crippen LogP contribution in [0.1, 0.15) is 46.0 Å². The lowest BCUT2D eigenvalue weighted by Gasteiger charge is -2.31. The van der Waals surface area contributed by atoms with Crippen LogP contribution < -0.4 is 5.32 Å². The van der Waals surface area contributed by atoms with Gasteiger partial charge in [0.2, 0.25) is 0 Å². The van der Waals surface area contributed by atoms with Crippen molar-refractivity contribution in [3.8, 4) is 0 Å². The number of piperidine rings is 1. The van der Waals surface area contributed by atoms with E-state index in [1.807, 2.05) is 18.7 Å². The van der Waals surface area contributed by atoms with Crippen molar-refractivity contribution in [3.05, 3.63) is 0 Å². The summed E-state index contributed by atoms with van der Waals surface area (Å²) in [5.41, 5.74) is -0.825. The molecule has 1 heterocycles. The van der Waals surface area contributed by atoms with Gasteiger partial charge in [0.05, 0.1) is 5.41 Å². The fourth-order valence-corrected chi connectivity index (χ4v) is 3.40. The number of carbonyl (C=O) groups is 2.